The summed E-state index contributed by atoms with van der Waals surface area (Å²) in [6.07, 6.45) is 1.18. The number of nitrogen functional groups attached to an aromatic ring is 1. The molecule has 1 amide bonds. The van der Waals surface area contributed by atoms with Gasteiger partial charge in [0, 0.05) is 22.4 Å². The van der Waals surface area contributed by atoms with Crippen molar-refractivity contribution in [3.8, 4) is 0 Å². The van der Waals surface area contributed by atoms with Crippen LogP contribution in [-0.2, 0) is 4.74 Å². The van der Waals surface area contributed by atoms with E-state index in [1.165, 1.54) is 0 Å². The van der Waals surface area contributed by atoms with Crippen molar-refractivity contribution >= 4 is 23.4 Å². The second-order valence-corrected chi connectivity index (χ2v) is 5.42. The molecule has 17 heavy (non-hydrogen) atoms. The van der Waals surface area contributed by atoms with E-state index in [2.05, 4.69) is 0 Å². The number of anilines is 1. The van der Waals surface area contributed by atoms with E-state index < -0.39 is 5.91 Å². The third-order valence-electron chi connectivity index (χ3n) is 2.86. The van der Waals surface area contributed by atoms with Crippen molar-refractivity contribution in [1.29, 1.82) is 0 Å². The number of rotatable bonds is 3. The van der Waals surface area contributed by atoms with Gasteiger partial charge in [-0.05, 0) is 31.5 Å². The largest absolute Gasteiger partial charge is 0.399 e. The Bertz CT molecular complexity index is 437. The van der Waals surface area contributed by atoms with Gasteiger partial charge in [0.1, 0.15) is 0 Å². The van der Waals surface area contributed by atoms with Crippen LogP contribution in [0, 0.1) is 0 Å². The zero-order chi connectivity index (χ0) is 12.4. The lowest BCUT2D eigenvalue weighted by Crippen LogP contribution is -2.16. The second-order valence-electron chi connectivity index (χ2n) is 4.14. The summed E-state index contributed by atoms with van der Waals surface area (Å²) < 4.78 is 5.50. The van der Waals surface area contributed by atoms with Crippen LogP contribution in [-0.4, -0.2) is 23.9 Å². The minimum Gasteiger partial charge on any atom is -0.399 e. The van der Waals surface area contributed by atoms with E-state index in [4.69, 9.17) is 16.2 Å². The molecule has 0 saturated carbocycles. The number of amides is 1. The molecular weight excluding hydrogens is 236 g/mol. The Hall–Kier alpha value is -1.20. The average molecular weight is 252 g/mol. The second kappa shape index (κ2) is 4.98. The van der Waals surface area contributed by atoms with E-state index in [0.717, 1.165) is 17.9 Å². The summed E-state index contributed by atoms with van der Waals surface area (Å²) in [5, 5.41) is 0.356. The monoisotopic (exact) mass is 252 g/mol. The number of benzene rings is 1. The Labute approximate surface area is 105 Å². The van der Waals surface area contributed by atoms with Crippen LogP contribution in [0.2, 0.25) is 0 Å². The summed E-state index contributed by atoms with van der Waals surface area (Å²) in [6, 6.07) is 5.18. The molecule has 0 aliphatic carbocycles. The first-order chi connectivity index (χ1) is 8.08. The molecule has 0 bridgehead atoms. The molecule has 0 spiro atoms. The molecule has 1 aliphatic heterocycles. The predicted octanol–water partition coefficient (Wildman–Crippen LogP) is 1.64. The van der Waals surface area contributed by atoms with E-state index in [0.29, 0.717) is 16.5 Å². The Morgan fingerprint density at radius 2 is 2.29 bits per heavy atom. The molecule has 1 aromatic carbocycles. The number of carbonyl (C=O) groups excluding carboxylic acids is 1. The number of hydrogen-bond acceptors (Lipinski definition) is 4. The van der Waals surface area contributed by atoms with Crippen LogP contribution in [0.3, 0.4) is 0 Å². The van der Waals surface area contributed by atoms with Gasteiger partial charge in [-0.3, -0.25) is 4.79 Å². The normalized spacial score (nSPS) is 23.8. The molecule has 2 atom stereocenters. The zero-order valence-electron chi connectivity index (χ0n) is 9.68. The minimum atomic E-state index is -0.418. The lowest BCUT2D eigenvalue weighted by atomic mass is 10.2. The van der Waals surface area contributed by atoms with Gasteiger partial charge in [-0.1, -0.05) is 0 Å². The Morgan fingerprint density at radius 1 is 1.53 bits per heavy atom. The molecule has 2 unspecified atom stereocenters. The molecule has 0 radical (unpaired) electrons. The number of nitrogens with two attached hydrogens (primary N) is 2. The topological polar surface area (TPSA) is 78.3 Å². The van der Waals surface area contributed by atoms with Crippen LogP contribution >= 0.6 is 11.8 Å². The fourth-order valence-corrected chi connectivity index (χ4v) is 3.18. The van der Waals surface area contributed by atoms with Gasteiger partial charge < -0.3 is 16.2 Å². The van der Waals surface area contributed by atoms with E-state index in [1.807, 2.05) is 6.92 Å². The van der Waals surface area contributed by atoms with Crippen molar-refractivity contribution in [3.63, 3.8) is 0 Å². The van der Waals surface area contributed by atoms with Crippen molar-refractivity contribution in [3.05, 3.63) is 23.8 Å². The molecule has 4 nitrogen and oxygen atoms in total. The first kappa shape index (κ1) is 12.3. The number of hydrogen-bond donors (Lipinski definition) is 2. The summed E-state index contributed by atoms with van der Waals surface area (Å²) in [5.74, 6) is -0.418. The van der Waals surface area contributed by atoms with Crippen LogP contribution in [0.1, 0.15) is 23.7 Å². The number of primary amides is 1. The third-order valence-corrected chi connectivity index (χ3v) is 4.37. The summed E-state index contributed by atoms with van der Waals surface area (Å²) >= 11 is 1.62. The summed E-state index contributed by atoms with van der Waals surface area (Å²) in [7, 11) is 0. The Kier molecular flexibility index (Phi) is 3.59. The van der Waals surface area contributed by atoms with Gasteiger partial charge in [0.25, 0.3) is 0 Å². The Morgan fingerprint density at radius 3 is 2.88 bits per heavy atom. The van der Waals surface area contributed by atoms with Gasteiger partial charge in [0.2, 0.25) is 5.91 Å². The van der Waals surface area contributed by atoms with E-state index in [-0.39, 0.29) is 6.10 Å². The Balaban J connectivity index is 2.24. The molecule has 1 saturated heterocycles. The highest BCUT2D eigenvalue weighted by Gasteiger charge is 2.26. The van der Waals surface area contributed by atoms with Crippen molar-refractivity contribution < 1.29 is 9.53 Å². The molecule has 1 fully saturated rings. The summed E-state index contributed by atoms with van der Waals surface area (Å²) in [5.41, 5.74) is 12.3. The first-order valence-electron chi connectivity index (χ1n) is 5.55. The molecule has 4 N–H and O–H groups in total. The summed E-state index contributed by atoms with van der Waals surface area (Å²) in [6.45, 7) is 2.81. The maximum Gasteiger partial charge on any atom is 0.249 e. The molecule has 2 rings (SSSR count). The number of thioether (sulfide) groups is 1. The lowest BCUT2D eigenvalue weighted by molar-refractivity contribution is 0.0997. The van der Waals surface area contributed by atoms with Gasteiger partial charge in [-0.2, -0.15) is 0 Å². The lowest BCUT2D eigenvalue weighted by Gasteiger charge is -2.15. The van der Waals surface area contributed by atoms with Crippen molar-refractivity contribution in [1.82, 2.24) is 0 Å². The van der Waals surface area contributed by atoms with Crippen molar-refractivity contribution in [2.75, 3.05) is 12.3 Å². The van der Waals surface area contributed by atoms with Gasteiger partial charge in [-0.15, -0.1) is 11.8 Å². The van der Waals surface area contributed by atoms with E-state index in [9.17, 15) is 4.79 Å². The smallest absolute Gasteiger partial charge is 0.249 e. The zero-order valence-corrected chi connectivity index (χ0v) is 10.5. The molecule has 0 aromatic heterocycles. The maximum absolute atomic E-state index is 11.3. The first-order valence-corrected chi connectivity index (χ1v) is 6.43. The van der Waals surface area contributed by atoms with Crippen LogP contribution in [0.15, 0.2) is 23.1 Å². The maximum atomic E-state index is 11.3. The van der Waals surface area contributed by atoms with Crippen molar-refractivity contribution in [2.45, 2.75) is 29.6 Å². The predicted molar refractivity (Wildman–Crippen MR) is 69.0 cm³/mol. The molecule has 5 heteroatoms. The van der Waals surface area contributed by atoms with Crippen LogP contribution < -0.4 is 11.5 Å². The highest BCUT2D eigenvalue weighted by Crippen LogP contribution is 2.35. The van der Waals surface area contributed by atoms with Crippen LogP contribution in [0.25, 0.3) is 0 Å². The molecule has 1 heterocycles. The minimum absolute atomic E-state index is 0.196. The SMILES string of the molecule is CC1OCCC1Sc1cc(N)ccc1C(N)=O. The van der Waals surface area contributed by atoms with E-state index in [1.54, 1.807) is 30.0 Å². The van der Waals surface area contributed by atoms with E-state index >= 15 is 0 Å². The van der Waals surface area contributed by atoms with Gasteiger partial charge >= 0.3 is 0 Å². The highest BCUT2D eigenvalue weighted by molar-refractivity contribution is 8.00. The van der Waals surface area contributed by atoms with Crippen LogP contribution in [0.5, 0.6) is 0 Å². The van der Waals surface area contributed by atoms with Gasteiger partial charge in [0.05, 0.1) is 11.7 Å². The van der Waals surface area contributed by atoms with Crippen molar-refractivity contribution in [2.24, 2.45) is 5.73 Å². The van der Waals surface area contributed by atoms with Gasteiger partial charge in [-0.25, -0.2) is 0 Å². The standard InChI is InChI=1S/C12H16N2O2S/c1-7-10(4-5-16-7)17-11-6-8(13)2-3-9(11)12(14)15/h2-3,6-7,10H,4-5,13H2,1H3,(H2,14,15). The number of carbonyl (C=O) groups is 1. The average Bonchev–Trinajstić information content (AvgIpc) is 2.64. The molecular formula is C12H16N2O2S. The quantitative estimate of drug-likeness (QED) is 0.802. The fourth-order valence-electron chi connectivity index (χ4n) is 1.87. The summed E-state index contributed by atoms with van der Waals surface area (Å²) in [4.78, 5) is 12.2. The van der Waals surface area contributed by atoms with Gasteiger partial charge in [0.15, 0.2) is 0 Å². The highest BCUT2D eigenvalue weighted by atomic mass is 32.2. The number of ether oxygens (including phenoxy) is 1. The molecule has 92 valence electrons. The molecule has 1 aromatic rings. The molecule has 1 aliphatic rings. The third kappa shape index (κ3) is 2.73. The van der Waals surface area contributed by atoms with Crippen LogP contribution in [0.4, 0.5) is 5.69 Å². The fraction of sp³-hybridized carbons (Fsp3) is 0.417.